The molecule has 0 rings (SSSR count). The third kappa shape index (κ3) is 10.2. The van der Waals surface area contributed by atoms with Gasteiger partial charge < -0.3 is 5.32 Å². The Balaban J connectivity index is 3.35. The lowest BCUT2D eigenvalue weighted by Crippen LogP contribution is -2.26. The Morgan fingerprint density at radius 1 is 1.19 bits per heavy atom. The van der Waals surface area contributed by atoms with E-state index in [2.05, 4.69) is 37.6 Å². The SMILES string of the molecule is C=CCN(CCC)CCCCCNC(C)C. The van der Waals surface area contributed by atoms with Crippen molar-refractivity contribution in [2.24, 2.45) is 0 Å². The quantitative estimate of drug-likeness (QED) is 0.430. The van der Waals surface area contributed by atoms with Crippen molar-refractivity contribution in [2.45, 2.75) is 52.5 Å². The van der Waals surface area contributed by atoms with Crippen LogP contribution in [0, 0.1) is 0 Å². The summed E-state index contributed by atoms with van der Waals surface area (Å²) in [5.41, 5.74) is 0. The van der Waals surface area contributed by atoms with Gasteiger partial charge in [-0.15, -0.1) is 6.58 Å². The summed E-state index contributed by atoms with van der Waals surface area (Å²) in [6.07, 6.45) is 7.19. The third-order valence-corrected chi connectivity index (χ3v) is 2.63. The van der Waals surface area contributed by atoms with Gasteiger partial charge in [0.2, 0.25) is 0 Å². The topological polar surface area (TPSA) is 15.3 Å². The summed E-state index contributed by atoms with van der Waals surface area (Å²) in [5, 5.41) is 3.45. The standard InChI is InChI=1S/C14H30N2/c1-5-11-16(12-6-2)13-9-7-8-10-15-14(3)4/h5,14-15H,1,6-13H2,2-4H3. The van der Waals surface area contributed by atoms with Crippen LogP contribution >= 0.6 is 0 Å². The van der Waals surface area contributed by atoms with E-state index >= 15 is 0 Å². The summed E-state index contributed by atoms with van der Waals surface area (Å²) < 4.78 is 0. The first-order valence-electron chi connectivity index (χ1n) is 6.77. The summed E-state index contributed by atoms with van der Waals surface area (Å²) in [4.78, 5) is 2.49. The molecule has 2 heteroatoms. The van der Waals surface area contributed by atoms with E-state index in [0.717, 1.165) is 13.1 Å². The van der Waals surface area contributed by atoms with Crippen LogP contribution in [-0.4, -0.2) is 37.1 Å². The largest absolute Gasteiger partial charge is 0.315 e. The number of nitrogens with one attached hydrogen (secondary N) is 1. The Kier molecular flexibility index (Phi) is 10.9. The predicted molar refractivity (Wildman–Crippen MR) is 73.9 cm³/mol. The molecule has 0 saturated heterocycles. The molecule has 0 aromatic heterocycles. The fraction of sp³-hybridized carbons (Fsp3) is 0.857. The van der Waals surface area contributed by atoms with Crippen molar-refractivity contribution in [1.82, 2.24) is 10.2 Å². The van der Waals surface area contributed by atoms with E-state index in [4.69, 9.17) is 0 Å². The van der Waals surface area contributed by atoms with Crippen molar-refractivity contribution < 1.29 is 0 Å². The Labute approximate surface area is 102 Å². The molecule has 0 aliphatic carbocycles. The summed E-state index contributed by atoms with van der Waals surface area (Å²) in [5.74, 6) is 0. The van der Waals surface area contributed by atoms with Crippen LogP contribution in [0.2, 0.25) is 0 Å². The molecule has 0 atom stereocenters. The van der Waals surface area contributed by atoms with Crippen molar-refractivity contribution in [1.29, 1.82) is 0 Å². The molecule has 0 bridgehead atoms. The minimum Gasteiger partial charge on any atom is -0.315 e. The molecule has 0 fully saturated rings. The summed E-state index contributed by atoms with van der Waals surface area (Å²) in [7, 11) is 0. The van der Waals surface area contributed by atoms with Gasteiger partial charge in [0.15, 0.2) is 0 Å². The fourth-order valence-corrected chi connectivity index (χ4v) is 1.82. The molecule has 0 aromatic rings. The lowest BCUT2D eigenvalue weighted by atomic mass is 10.2. The molecule has 0 aromatic carbocycles. The molecule has 0 saturated carbocycles. The number of unbranched alkanes of at least 4 members (excludes halogenated alkanes) is 2. The fourth-order valence-electron chi connectivity index (χ4n) is 1.82. The Hall–Kier alpha value is -0.340. The van der Waals surface area contributed by atoms with E-state index in [-0.39, 0.29) is 0 Å². The van der Waals surface area contributed by atoms with Crippen LogP contribution in [0.1, 0.15) is 46.5 Å². The highest BCUT2D eigenvalue weighted by Gasteiger charge is 2.00. The normalized spacial score (nSPS) is 11.3. The van der Waals surface area contributed by atoms with Gasteiger partial charge in [-0.2, -0.15) is 0 Å². The zero-order valence-electron chi connectivity index (χ0n) is 11.5. The van der Waals surface area contributed by atoms with E-state index in [1.807, 2.05) is 6.08 Å². The molecule has 0 spiro atoms. The summed E-state index contributed by atoms with van der Waals surface area (Å²) >= 11 is 0. The van der Waals surface area contributed by atoms with E-state index in [1.54, 1.807) is 0 Å². The van der Waals surface area contributed by atoms with Crippen LogP contribution in [0.25, 0.3) is 0 Å². The summed E-state index contributed by atoms with van der Waals surface area (Å²) in [6.45, 7) is 15.1. The van der Waals surface area contributed by atoms with Crippen LogP contribution in [0.3, 0.4) is 0 Å². The molecule has 1 N–H and O–H groups in total. The molecule has 0 heterocycles. The van der Waals surface area contributed by atoms with Gasteiger partial charge in [-0.25, -0.2) is 0 Å². The maximum atomic E-state index is 3.81. The van der Waals surface area contributed by atoms with Gasteiger partial charge in [0, 0.05) is 12.6 Å². The average Bonchev–Trinajstić information content (AvgIpc) is 2.23. The Morgan fingerprint density at radius 3 is 2.50 bits per heavy atom. The van der Waals surface area contributed by atoms with Crippen molar-refractivity contribution in [3.05, 3.63) is 12.7 Å². The second kappa shape index (κ2) is 11.2. The number of rotatable bonds is 11. The summed E-state index contributed by atoms with van der Waals surface area (Å²) in [6, 6.07) is 0.623. The number of hydrogen-bond donors (Lipinski definition) is 1. The molecular weight excluding hydrogens is 196 g/mol. The van der Waals surface area contributed by atoms with Gasteiger partial charge >= 0.3 is 0 Å². The second-order valence-corrected chi connectivity index (χ2v) is 4.76. The first-order valence-corrected chi connectivity index (χ1v) is 6.77. The molecule has 0 radical (unpaired) electrons. The van der Waals surface area contributed by atoms with Crippen LogP contribution in [-0.2, 0) is 0 Å². The van der Waals surface area contributed by atoms with Crippen molar-refractivity contribution in [2.75, 3.05) is 26.2 Å². The molecule has 0 unspecified atom stereocenters. The van der Waals surface area contributed by atoms with Gasteiger partial charge in [0.25, 0.3) is 0 Å². The molecule has 16 heavy (non-hydrogen) atoms. The maximum Gasteiger partial charge on any atom is 0.0160 e. The van der Waals surface area contributed by atoms with Crippen molar-refractivity contribution in [3.63, 3.8) is 0 Å². The van der Waals surface area contributed by atoms with Crippen molar-refractivity contribution in [3.8, 4) is 0 Å². The molecule has 2 nitrogen and oxygen atoms in total. The minimum atomic E-state index is 0.623. The van der Waals surface area contributed by atoms with E-state index < -0.39 is 0 Å². The minimum absolute atomic E-state index is 0.623. The zero-order chi connectivity index (χ0) is 12.2. The molecule has 96 valence electrons. The van der Waals surface area contributed by atoms with E-state index in [1.165, 1.54) is 38.8 Å². The maximum absolute atomic E-state index is 3.81. The highest BCUT2D eigenvalue weighted by molar-refractivity contribution is 4.73. The molecule has 0 aliphatic heterocycles. The number of hydrogen-bond acceptors (Lipinski definition) is 2. The highest BCUT2D eigenvalue weighted by atomic mass is 15.1. The Morgan fingerprint density at radius 2 is 1.94 bits per heavy atom. The average molecular weight is 226 g/mol. The number of nitrogens with zero attached hydrogens (tertiary/aromatic N) is 1. The monoisotopic (exact) mass is 226 g/mol. The Bertz CT molecular complexity index is 155. The van der Waals surface area contributed by atoms with Gasteiger partial charge in [-0.05, 0) is 38.9 Å². The van der Waals surface area contributed by atoms with Crippen molar-refractivity contribution >= 4 is 0 Å². The first kappa shape index (κ1) is 15.7. The van der Waals surface area contributed by atoms with Crippen LogP contribution in [0.15, 0.2) is 12.7 Å². The van der Waals surface area contributed by atoms with Gasteiger partial charge in [-0.1, -0.05) is 33.3 Å². The van der Waals surface area contributed by atoms with Gasteiger partial charge in [-0.3, -0.25) is 4.90 Å². The van der Waals surface area contributed by atoms with Crippen LogP contribution in [0.4, 0.5) is 0 Å². The van der Waals surface area contributed by atoms with Crippen LogP contribution in [0.5, 0.6) is 0 Å². The highest BCUT2D eigenvalue weighted by Crippen LogP contribution is 2.00. The van der Waals surface area contributed by atoms with Crippen LogP contribution < -0.4 is 5.32 Å². The predicted octanol–water partition coefficient (Wildman–Crippen LogP) is 3.05. The first-order chi connectivity index (χ1) is 7.70. The van der Waals surface area contributed by atoms with E-state index in [0.29, 0.717) is 6.04 Å². The molecular formula is C14H30N2. The van der Waals surface area contributed by atoms with Gasteiger partial charge in [0.1, 0.15) is 0 Å². The zero-order valence-corrected chi connectivity index (χ0v) is 11.5. The smallest absolute Gasteiger partial charge is 0.0160 e. The lowest BCUT2D eigenvalue weighted by Gasteiger charge is -2.19. The van der Waals surface area contributed by atoms with Gasteiger partial charge in [0.05, 0.1) is 0 Å². The second-order valence-electron chi connectivity index (χ2n) is 4.76. The molecule has 0 aliphatic rings. The van der Waals surface area contributed by atoms with E-state index in [9.17, 15) is 0 Å². The molecule has 0 amide bonds. The third-order valence-electron chi connectivity index (χ3n) is 2.63. The lowest BCUT2D eigenvalue weighted by molar-refractivity contribution is 0.295.